The van der Waals surface area contributed by atoms with Gasteiger partial charge in [-0.25, -0.2) is 0 Å². The van der Waals surface area contributed by atoms with Crippen molar-refractivity contribution in [3.8, 4) is 23.5 Å². The van der Waals surface area contributed by atoms with Crippen LogP contribution in [-0.4, -0.2) is 40.9 Å². The number of likely N-dealkylation sites (N-methyl/N-ethyl adjacent to an activating group) is 1. The van der Waals surface area contributed by atoms with Crippen LogP contribution in [0.2, 0.25) is 0 Å². The quantitative estimate of drug-likeness (QED) is 0.615. The fourth-order valence-corrected chi connectivity index (χ4v) is 5.28. The monoisotopic (exact) mass is 451 g/mol. The first-order valence-corrected chi connectivity index (χ1v) is 9.61. The molecular weight excluding hydrogens is 431 g/mol. The fourth-order valence-electron chi connectivity index (χ4n) is 5.28. The second-order valence-corrected chi connectivity index (χ2v) is 8.16. The third-order valence-electron chi connectivity index (χ3n) is 6.51. The summed E-state index contributed by atoms with van der Waals surface area (Å²) in [6.45, 7) is 3.17. The molecule has 1 aromatic heterocycles. The Morgan fingerprint density at radius 3 is 2.34 bits per heavy atom. The van der Waals surface area contributed by atoms with E-state index in [1.807, 2.05) is 0 Å². The molecule has 2 bridgehead atoms. The number of carbonyl (C=O) groups is 1. The third-order valence-corrected chi connectivity index (χ3v) is 6.51. The van der Waals surface area contributed by atoms with Crippen molar-refractivity contribution in [3.63, 3.8) is 0 Å². The molecule has 3 heterocycles. The topological polar surface area (TPSA) is 117 Å². The number of esters is 1. The zero-order chi connectivity index (χ0) is 23.8. The Bertz CT molecular complexity index is 1180. The summed E-state index contributed by atoms with van der Waals surface area (Å²) in [5.41, 5.74) is -4.46. The van der Waals surface area contributed by atoms with Crippen LogP contribution in [0.3, 0.4) is 0 Å². The van der Waals surface area contributed by atoms with Crippen molar-refractivity contribution < 1.29 is 37.7 Å². The van der Waals surface area contributed by atoms with Gasteiger partial charge in [0.15, 0.2) is 0 Å². The maximum atomic E-state index is 13.5. The lowest BCUT2D eigenvalue weighted by atomic mass is 9.69. The Labute approximate surface area is 180 Å². The molecule has 1 fully saturated rings. The lowest BCUT2D eigenvalue weighted by molar-refractivity contribution is -0.153. The van der Waals surface area contributed by atoms with E-state index < -0.39 is 58.2 Å². The van der Waals surface area contributed by atoms with E-state index in [9.17, 15) is 28.2 Å². The van der Waals surface area contributed by atoms with Gasteiger partial charge in [0.2, 0.25) is 11.8 Å². The molecule has 1 aromatic carbocycles. The number of benzene rings is 1. The molecule has 2 aliphatic heterocycles. The molecule has 4 rings (SSSR count). The lowest BCUT2D eigenvalue weighted by Crippen LogP contribution is -2.51. The van der Waals surface area contributed by atoms with Crippen molar-refractivity contribution in [2.24, 2.45) is 5.92 Å². The molecule has 0 radical (unpaired) electrons. The number of nitrogens with zero attached hydrogens (tertiary/aromatic N) is 2. The minimum atomic E-state index is -4.82. The highest BCUT2D eigenvalue weighted by molar-refractivity contribution is 5.79. The normalized spacial score (nSPS) is 28.4. The zero-order valence-electron chi connectivity index (χ0n) is 17.5. The van der Waals surface area contributed by atoms with E-state index in [4.69, 9.17) is 14.7 Å². The molecule has 2 unspecified atom stereocenters. The van der Waals surface area contributed by atoms with E-state index in [-0.39, 0.29) is 16.8 Å². The lowest BCUT2D eigenvalue weighted by Gasteiger charge is -2.34. The van der Waals surface area contributed by atoms with Gasteiger partial charge in [-0.2, -0.15) is 18.4 Å². The maximum Gasteiger partial charge on any atom is 0.417 e. The highest BCUT2D eigenvalue weighted by Crippen LogP contribution is 2.66. The number of alkyl halides is 3. The summed E-state index contributed by atoms with van der Waals surface area (Å²) >= 11 is 0. The molecule has 0 spiro atoms. The molecule has 4 atom stereocenters. The Morgan fingerprint density at radius 1 is 1.25 bits per heavy atom. The molecule has 32 heavy (non-hydrogen) atoms. The standard InChI is InChI=1S/C21H20F3N3O5/c1-19-12-13(20(2,32-19)15(26-3)14(19)18(30)31-4)17(29)27(16(12)28)10-6-5-9(8-25)11(7-10)21(22,23)24/h5-7,14-15,26,28-29H,1-4H3/t14-,15+,19?,20?/m0/s1. The van der Waals surface area contributed by atoms with E-state index in [0.29, 0.717) is 6.07 Å². The number of carbonyl (C=O) groups excluding carboxylic acids is 1. The SMILES string of the molecule is CN[C@@H]1[C@@H](C(=O)OC)C2(C)OC1(C)c1c2c(O)n(-c2ccc(C#N)c(C(F)(F)F)c2)c1O. The first-order valence-electron chi connectivity index (χ1n) is 9.61. The van der Waals surface area contributed by atoms with Gasteiger partial charge in [0.1, 0.15) is 17.1 Å². The molecule has 8 nitrogen and oxygen atoms in total. The van der Waals surface area contributed by atoms with Gasteiger partial charge in [-0.05, 0) is 39.1 Å². The van der Waals surface area contributed by atoms with Crippen molar-refractivity contribution in [3.05, 3.63) is 40.5 Å². The van der Waals surface area contributed by atoms with E-state index in [1.165, 1.54) is 19.2 Å². The Hall–Kier alpha value is -3.23. The molecule has 2 aromatic rings. The number of nitriles is 1. The van der Waals surface area contributed by atoms with E-state index in [0.717, 1.165) is 10.6 Å². The molecule has 1 saturated heterocycles. The third kappa shape index (κ3) is 2.53. The maximum absolute atomic E-state index is 13.5. The largest absolute Gasteiger partial charge is 0.494 e. The van der Waals surface area contributed by atoms with Gasteiger partial charge in [-0.15, -0.1) is 0 Å². The number of aromatic nitrogens is 1. The number of rotatable bonds is 3. The van der Waals surface area contributed by atoms with Gasteiger partial charge in [0.05, 0.1) is 47.2 Å². The van der Waals surface area contributed by atoms with Crippen LogP contribution >= 0.6 is 0 Å². The smallest absolute Gasteiger partial charge is 0.417 e. The Kier molecular flexibility index (Phi) is 4.56. The first kappa shape index (κ1) is 22.0. The summed E-state index contributed by atoms with van der Waals surface area (Å²) in [4.78, 5) is 12.6. The van der Waals surface area contributed by atoms with Crippen LogP contribution in [0.15, 0.2) is 18.2 Å². The number of halogens is 3. The second-order valence-electron chi connectivity index (χ2n) is 8.16. The molecule has 3 N–H and O–H groups in total. The number of hydrogen-bond acceptors (Lipinski definition) is 7. The van der Waals surface area contributed by atoms with Crippen molar-refractivity contribution >= 4 is 5.97 Å². The van der Waals surface area contributed by atoms with Crippen molar-refractivity contribution in [1.82, 2.24) is 9.88 Å². The van der Waals surface area contributed by atoms with E-state index in [2.05, 4.69) is 5.32 Å². The predicted molar refractivity (Wildman–Crippen MR) is 103 cm³/mol. The molecule has 0 aliphatic carbocycles. The van der Waals surface area contributed by atoms with Crippen LogP contribution in [0, 0.1) is 17.2 Å². The van der Waals surface area contributed by atoms with Crippen LogP contribution < -0.4 is 5.32 Å². The summed E-state index contributed by atoms with van der Waals surface area (Å²) in [5.74, 6) is -2.59. The highest BCUT2D eigenvalue weighted by atomic mass is 19.4. The summed E-state index contributed by atoms with van der Waals surface area (Å²) in [7, 11) is 2.81. The second kappa shape index (κ2) is 6.63. The Balaban J connectivity index is 1.99. The summed E-state index contributed by atoms with van der Waals surface area (Å²) in [5, 5.41) is 34.1. The van der Waals surface area contributed by atoms with Crippen LogP contribution in [0.5, 0.6) is 11.8 Å². The van der Waals surface area contributed by atoms with Crippen LogP contribution in [-0.2, 0) is 31.6 Å². The zero-order valence-corrected chi connectivity index (χ0v) is 17.5. The van der Waals surface area contributed by atoms with Crippen molar-refractivity contribution in [2.75, 3.05) is 14.2 Å². The van der Waals surface area contributed by atoms with Crippen molar-refractivity contribution in [2.45, 2.75) is 37.3 Å². The van der Waals surface area contributed by atoms with E-state index in [1.54, 1.807) is 20.9 Å². The summed E-state index contributed by atoms with van der Waals surface area (Å²) < 4.78 is 52.3. The average molecular weight is 451 g/mol. The summed E-state index contributed by atoms with van der Waals surface area (Å²) in [6, 6.07) is 3.66. The highest BCUT2D eigenvalue weighted by Gasteiger charge is 2.71. The van der Waals surface area contributed by atoms with Gasteiger partial charge in [0, 0.05) is 0 Å². The molecule has 2 aliphatic rings. The Morgan fingerprint density at radius 2 is 1.84 bits per heavy atom. The number of aromatic hydroxyl groups is 2. The fraction of sp³-hybridized carbons (Fsp3) is 0.429. The molecular formula is C21H20F3N3O5. The number of fused-ring (bicyclic) bond motifs is 5. The molecule has 0 amide bonds. The number of hydrogen-bond donors (Lipinski definition) is 3. The van der Waals surface area contributed by atoms with Gasteiger partial charge >= 0.3 is 12.1 Å². The van der Waals surface area contributed by atoms with Gasteiger partial charge in [0.25, 0.3) is 0 Å². The van der Waals surface area contributed by atoms with Crippen molar-refractivity contribution in [1.29, 1.82) is 5.26 Å². The molecule has 0 saturated carbocycles. The minimum absolute atomic E-state index is 0.0947. The molecule has 170 valence electrons. The van der Waals surface area contributed by atoms with Gasteiger partial charge < -0.3 is 25.0 Å². The van der Waals surface area contributed by atoms with Crippen LogP contribution in [0.4, 0.5) is 13.2 Å². The van der Waals surface area contributed by atoms with Crippen LogP contribution in [0.25, 0.3) is 5.69 Å². The molecule has 11 heteroatoms. The predicted octanol–water partition coefficient (Wildman–Crippen LogP) is 2.63. The van der Waals surface area contributed by atoms with Crippen LogP contribution in [0.1, 0.15) is 36.1 Å². The first-order chi connectivity index (χ1) is 14.9. The van der Waals surface area contributed by atoms with Gasteiger partial charge in [-0.3, -0.25) is 9.36 Å². The number of ether oxygens (including phenoxy) is 2. The summed E-state index contributed by atoms with van der Waals surface area (Å²) in [6.07, 6.45) is -4.82. The van der Waals surface area contributed by atoms with Gasteiger partial charge in [-0.1, -0.05) is 0 Å². The van der Waals surface area contributed by atoms with E-state index >= 15 is 0 Å². The minimum Gasteiger partial charge on any atom is -0.494 e. The number of nitrogens with one attached hydrogen (secondary N) is 1. The average Bonchev–Trinajstić information content (AvgIpc) is 3.24. The number of methoxy groups -OCH3 is 1.